The van der Waals surface area contributed by atoms with Gasteiger partial charge < -0.3 is 30.4 Å². The van der Waals surface area contributed by atoms with Crippen LogP contribution in [0.4, 0.5) is 0 Å². The molecule has 3 rings (SSSR count). The van der Waals surface area contributed by atoms with Crippen LogP contribution in [0.2, 0.25) is 0 Å². The van der Waals surface area contributed by atoms with Crippen LogP contribution in [-0.2, 0) is 13.2 Å². The van der Waals surface area contributed by atoms with Crippen molar-refractivity contribution in [3.63, 3.8) is 0 Å². The third kappa shape index (κ3) is 7.56. The molecular formula is C24H27N3O4. The van der Waals surface area contributed by atoms with Crippen LogP contribution in [0, 0.1) is 5.41 Å². The van der Waals surface area contributed by atoms with E-state index in [1.54, 1.807) is 18.2 Å². The van der Waals surface area contributed by atoms with Crippen LogP contribution in [0.3, 0.4) is 0 Å². The van der Waals surface area contributed by atoms with E-state index in [1.807, 2.05) is 60.7 Å². The second-order valence-electron chi connectivity index (χ2n) is 6.92. The Kier molecular flexibility index (Phi) is 8.13. The molecule has 0 aromatic heterocycles. The zero-order valence-electron chi connectivity index (χ0n) is 17.2. The van der Waals surface area contributed by atoms with Gasteiger partial charge in [0.05, 0.1) is 0 Å². The molecule has 7 heteroatoms. The predicted octanol–water partition coefficient (Wildman–Crippen LogP) is 3.07. The Hall–Kier alpha value is -3.71. The normalized spacial score (nSPS) is 11.4. The summed E-state index contributed by atoms with van der Waals surface area (Å²) >= 11 is 0. The van der Waals surface area contributed by atoms with E-state index in [4.69, 9.17) is 25.4 Å². The number of benzene rings is 3. The van der Waals surface area contributed by atoms with Crippen molar-refractivity contribution < 1.29 is 19.3 Å². The van der Waals surface area contributed by atoms with Gasteiger partial charge in [0.2, 0.25) is 0 Å². The number of hydrogen-bond donors (Lipinski definition) is 4. The molecular weight excluding hydrogens is 394 g/mol. The van der Waals surface area contributed by atoms with Gasteiger partial charge in [-0.2, -0.15) is 0 Å². The Morgan fingerprint density at radius 3 is 2.00 bits per heavy atom. The molecule has 0 heterocycles. The number of nitrogens with two attached hydrogens (primary N) is 1. The fourth-order valence-electron chi connectivity index (χ4n) is 2.76. The summed E-state index contributed by atoms with van der Waals surface area (Å²) in [5.74, 6) is 1.49. The van der Waals surface area contributed by atoms with E-state index in [0.717, 1.165) is 11.1 Å². The number of rotatable bonds is 11. The molecule has 0 saturated heterocycles. The first kappa shape index (κ1) is 22.0. The lowest BCUT2D eigenvalue weighted by atomic mass is 10.2. The van der Waals surface area contributed by atoms with Gasteiger partial charge in [0.1, 0.15) is 31.7 Å². The van der Waals surface area contributed by atoms with Crippen molar-refractivity contribution in [3.05, 3.63) is 90.0 Å². The first-order chi connectivity index (χ1) is 15.1. The molecule has 0 fully saturated rings. The van der Waals surface area contributed by atoms with Crippen molar-refractivity contribution in [2.75, 3.05) is 13.2 Å². The largest absolute Gasteiger partial charge is 0.491 e. The molecule has 0 aliphatic carbocycles. The number of ether oxygens (including phenoxy) is 3. The minimum atomic E-state index is -0.813. The Morgan fingerprint density at radius 2 is 1.42 bits per heavy atom. The second kappa shape index (κ2) is 11.5. The minimum Gasteiger partial charge on any atom is -0.491 e. The Labute approximate surface area is 181 Å². The van der Waals surface area contributed by atoms with E-state index in [1.165, 1.54) is 0 Å². The number of hydrogen-bond acceptors (Lipinski definition) is 5. The fraction of sp³-hybridized carbons (Fsp3) is 0.208. The average Bonchev–Trinajstić information content (AvgIpc) is 2.80. The Balaban J connectivity index is 1.67. The van der Waals surface area contributed by atoms with Gasteiger partial charge in [-0.15, -0.1) is 0 Å². The van der Waals surface area contributed by atoms with Crippen molar-refractivity contribution in [1.29, 1.82) is 5.41 Å². The molecule has 162 valence electrons. The summed E-state index contributed by atoms with van der Waals surface area (Å²) in [7, 11) is 0. The Bertz CT molecular complexity index is 952. The zero-order valence-corrected chi connectivity index (χ0v) is 17.2. The third-order valence-electron chi connectivity index (χ3n) is 4.36. The first-order valence-electron chi connectivity index (χ1n) is 9.96. The molecule has 31 heavy (non-hydrogen) atoms. The van der Waals surface area contributed by atoms with Gasteiger partial charge in [0, 0.05) is 12.6 Å². The van der Waals surface area contributed by atoms with Gasteiger partial charge >= 0.3 is 0 Å². The van der Waals surface area contributed by atoms with E-state index in [9.17, 15) is 5.11 Å². The quantitative estimate of drug-likeness (QED) is 0.280. The topological polar surface area (TPSA) is 110 Å². The Morgan fingerprint density at radius 1 is 0.839 bits per heavy atom. The molecule has 3 aromatic carbocycles. The average molecular weight is 421 g/mol. The van der Waals surface area contributed by atoms with Crippen LogP contribution < -0.4 is 25.3 Å². The highest BCUT2D eigenvalue weighted by Crippen LogP contribution is 2.33. The van der Waals surface area contributed by atoms with E-state index in [2.05, 4.69) is 5.32 Å². The molecule has 0 spiro atoms. The smallest absolute Gasteiger partial charge is 0.185 e. The maximum atomic E-state index is 9.95. The number of aliphatic hydroxyl groups excluding tert-OH is 1. The van der Waals surface area contributed by atoms with E-state index in [0.29, 0.717) is 30.5 Å². The van der Waals surface area contributed by atoms with E-state index in [-0.39, 0.29) is 19.1 Å². The lowest BCUT2D eigenvalue weighted by Crippen LogP contribution is -2.38. The van der Waals surface area contributed by atoms with Crippen molar-refractivity contribution in [2.45, 2.75) is 19.3 Å². The molecule has 0 amide bonds. The SMILES string of the molecule is N=C(N)NCC(O)COc1ccc(OCc2ccccc2)c(OCc2ccccc2)c1. The lowest BCUT2D eigenvalue weighted by molar-refractivity contribution is 0.110. The predicted molar refractivity (Wildman–Crippen MR) is 119 cm³/mol. The van der Waals surface area contributed by atoms with Gasteiger partial charge in [-0.05, 0) is 23.3 Å². The second-order valence-corrected chi connectivity index (χ2v) is 6.92. The van der Waals surface area contributed by atoms with E-state index >= 15 is 0 Å². The third-order valence-corrected chi connectivity index (χ3v) is 4.36. The van der Waals surface area contributed by atoms with E-state index < -0.39 is 6.10 Å². The fourth-order valence-corrected chi connectivity index (χ4v) is 2.76. The number of guanidine groups is 1. The maximum Gasteiger partial charge on any atom is 0.185 e. The standard InChI is InChI=1S/C24H27N3O4/c25-24(26)27-14-20(28)17-29-21-11-12-22(30-15-18-7-3-1-4-8-18)23(13-21)31-16-19-9-5-2-6-10-19/h1-13,20,28H,14-17H2,(H4,25,26,27). The molecule has 0 aliphatic heterocycles. The van der Waals surface area contributed by atoms with Crippen molar-refractivity contribution >= 4 is 5.96 Å². The van der Waals surface area contributed by atoms with Crippen LogP contribution in [-0.4, -0.2) is 30.3 Å². The van der Waals surface area contributed by atoms with Gasteiger partial charge in [-0.1, -0.05) is 60.7 Å². The highest BCUT2D eigenvalue weighted by molar-refractivity contribution is 5.74. The van der Waals surface area contributed by atoms with Crippen LogP contribution >= 0.6 is 0 Å². The summed E-state index contributed by atoms with van der Waals surface area (Å²) in [6.45, 7) is 0.975. The van der Waals surface area contributed by atoms with Crippen LogP contribution in [0.15, 0.2) is 78.9 Å². The molecule has 5 N–H and O–H groups in total. The van der Waals surface area contributed by atoms with Crippen molar-refractivity contribution in [3.8, 4) is 17.2 Å². The van der Waals surface area contributed by atoms with Gasteiger partial charge in [-0.3, -0.25) is 5.41 Å². The van der Waals surface area contributed by atoms with Crippen LogP contribution in [0.25, 0.3) is 0 Å². The molecule has 0 bridgehead atoms. The van der Waals surface area contributed by atoms with Crippen molar-refractivity contribution in [2.24, 2.45) is 5.73 Å². The van der Waals surface area contributed by atoms with Crippen LogP contribution in [0.5, 0.6) is 17.2 Å². The molecule has 7 nitrogen and oxygen atoms in total. The number of nitrogens with one attached hydrogen (secondary N) is 2. The summed E-state index contributed by atoms with van der Waals surface area (Å²) in [6, 6.07) is 25.0. The first-order valence-corrected chi connectivity index (χ1v) is 9.96. The van der Waals surface area contributed by atoms with Gasteiger partial charge in [0.25, 0.3) is 0 Å². The molecule has 0 aliphatic rings. The van der Waals surface area contributed by atoms with Gasteiger partial charge in [-0.25, -0.2) is 0 Å². The molecule has 0 radical (unpaired) electrons. The van der Waals surface area contributed by atoms with Crippen LogP contribution in [0.1, 0.15) is 11.1 Å². The van der Waals surface area contributed by atoms with Gasteiger partial charge in [0.15, 0.2) is 17.5 Å². The highest BCUT2D eigenvalue weighted by atomic mass is 16.5. The minimum absolute atomic E-state index is 0.0443. The molecule has 3 aromatic rings. The number of aliphatic hydroxyl groups is 1. The lowest BCUT2D eigenvalue weighted by Gasteiger charge is -2.16. The molecule has 1 unspecified atom stereocenters. The summed E-state index contributed by atoms with van der Waals surface area (Å²) < 4.78 is 17.7. The zero-order chi connectivity index (χ0) is 21.9. The summed E-state index contributed by atoms with van der Waals surface area (Å²) in [5.41, 5.74) is 7.32. The maximum absolute atomic E-state index is 9.95. The summed E-state index contributed by atoms with van der Waals surface area (Å²) in [5, 5.41) is 19.6. The monoisotopic (exact) mass is 421 g/mol. The molecule has 0 saturated carbocycles. The summed E-state index contributed by atoms with van der Waals surface area (Å²) in [6.07, 6.45) is -0.813. The highest BCUT2D eigenvalue weighted by Gasteiger charge is 2.11. The summed E-state index contributed by atoms with van der Waals surface area (Å²) in [4.78, 5) is 0. The molecule has 1 atom stereocenters. The van der Waals surface area contributed by atoms with Crippen molar-refractivity contribution in [1.82, 2.24) is 5.32 Å².